The van der Waals surface area contributed by atoms with Crippen molar-refractivity contribution in [3.8, 4) is 5.69 Å². The fourth-order valence-corrected chi connectivity index (χ4v) is 4.01. The van der Waals surface area contributed by atoms with Crippen LogP contribution in [0.4, 0.5) is 0 Å². The van der Waals surface area contributed by atoms with Crippen molar-refractivity contribution in [2.45, 2.75) is 27.2 Å². The van der Waals surface area contributed by atoms with Gasteiger partial charge >= 0.3 is 5.97 Å². The van der Waals surface area contributed by atoms with Gasteiger partial charge in [-0.25, -0.2) is 0 Å². The number of carboxylic acids is 1. The molecule has 0 radical (unpaired) electrons. The monoisotopic (exact) mass is 370 g/mol. The number of rotatable bonds is 5. The molecule has 0 spiro atoms. The minimum atomic E-state index is -1.02. The first-order chi connectivity index (χ1) is 12.8. The molecule has 1 aromatic heterocycles. The lowest BCUT2D eigenvalue weighted by atomic mass is 9.88. The van der Waals surface area contributed by atoms with Gasteiger partial charge in [0.05, 0.1) is 12.2 Å². The Morgan fingerprint density at radius 2 is 1.93 bits per heavy atom. The van der Waals surface area contributed by atoms with E-state index in [1.54, 1.807) is 4.90 Å². The molecule has 1 saturated heterocycles. The van der Waals surface area contributed by atoms with Crippen molar-refractivity contribution in [3.63, 3.8) is 0 Å². The van der Waals surface area contributed by atoms with E-state index in [2.05, 4.69) is 4.57 Å². The number of methoxy groups -OCH3 is 1. The molecule has 27 heavy (non-hydrogen) atoms. The highest BCUT2D eigenvalue weighted by Gasteiger charge is 2.46. The molecule has 1 amide bonds. The molecule has 1 aliphatic rings. The number of nitrogens with zero attached hydrogens (tertiary/aromatic N) is 2. The Morgan fingerprint density at radius 3 is 2.56 bits per heavy atom. The Hall–Kier alpha value is -2.60. The highest BCUT2D eigenvalue weighted by molar-refractivity contribution is 5.96. The van der Waals surface area contributed by atoms with Crippen LogP contribution in [0.2, 0.25) is 0 Å². The molecule has 1 atom stereocenters. The zero-order chi connectivity index (χ0) is 19.8. The number of benzene rings is 1. The van der Waals surface area contributed by atoms with Crippen molar-refractivity contribution in [1.29, 1.82) is 0 Å². The van der Waals surface area contributed by atoms with E-state index in [0.29, 0.717) is 18.5 Å². The molecule has 2 aromatic rings. The number of amides is 1. The van der Waals surface area contributed by atoms with Crippen molar-refractivity contribution in [2.24, 2.45) is 5.41 Å². The fraction of sp³-hybridized carbons (Fsp3) is 0.429. The van der Waals surface area contributed by atoms with Crippen molar-refractivity contribution in [2.75, 3.05) is 26.8 Å². The summed E-state index contributed by atoms with van der Waals surface area (Å²) in [4.78, 5) is 26.5. The molecule has 1 aromatic carbocycles. The van der Waals surface area contributed by atoms with Gasteiger partial charge in [0.1, 0.15) is 5.41 Å². The molecule has 144 valence electrons. The van der Waals surface area contributed by atoms with Gasteiger partial charge in [0.25, 0.3) is 5.91 Å². The second kappa shape index (κ2) is 7.19. The van der Waals surface area contributed by atoms with Gasteiger partial charge in [-0.15, -0.1) is 0 Å². The summed E-state index contributed by atoms with van der Waals surface area (Å²) in [5.41, 5.74) is 3.62. The van der Waals surface area contributed by atoms with Crippen LogP contribution in [0.3, 0.4) is 0 Å². The van der Waals surface area contributed by atoms with Gasteiger partial charge in [-0.1, -0.05) is 18.2 Å². The summed E-state index contributed by atoms with van der Waals surface area (Å²) in [5, 5.41) is 9.62. The van der Waals surface area contributed by atoms with E-state index in [1.165, 1.54) is 7.11 Å². The summed E-state index contributed by atoms with van der Waals surface area (Å²) in [6.45, 7) is 6.65. The van der Waals surface area contributed by atoms with Crippen LogP contribution in [-0.2, 0) is 9.53 Å². The second-order valence-electron chi connectivity index (χ2n) is 7.40. The van der Waals surface area contributed by atoms with Crippen LogP contribution in [0.15, 0.2) is 30.3 Å². The maximum atomic E-state index is 13.1. The first kappa shape index (κ1) is 19.2. The number of carboxylic acid groups (broad SMARTS) is 1. The van der Waals surface area contributed by atoms with E-state index < -0.39 is 11.4 Å². The number of hydrogen-bond acceptors (Lipinski definition) is 3. The van der Waals surface area contributed by atoms with E-state index >= 15 is 0 Å². The molecule has 2 heterocycles. The third-order valence-electron chi connectivity index (χ3n) is 5.53. The van der Waals surface area contributed by atoms with Crippen LogP contribution in [0, 0.1) is 26.2 Å². The zero-order valence-electron chi connectivity index (χ0n) is 16.3. The Morgan fingerprint density at radius 1 is 1.22 bits per heavy atom. The molecule has 6 nitrogen and oxygen atoms in total. The Bertz CT molecular complexity index is 886. The molecule has 1 aliphatic heterocycles. The van der Waals surface area contributed by atoms with Crippen LogP contribution in [-0.4, -0.2) is 53.3 Å². The average Bonchev–Trinajstić information content (AvgIpc) is 3.18. The molecular formula is C21H26N2O4. The molecule has 1 N–H and O–H groups in total. The number of para-hydroxylation sites is 1. The summed E-state index contributed by atoms with van der Waals surface area (Å²) >= 11 is 0. The van der Waals surface area contributed by atoms with Gasteiger partial charge in [0.2, 0.25) is 0 Å². The molecular weight excluding hydrogens is 344 g/mol. The quantitative estimate of drug-likeness (QED) is 0.878. The number of carbonyl (C=O) groups excluding carboxylic acids is 1. The van der Waals surface area contributed by atoms with Gasteiger partial charge in [-0.3, -0.25) is 9.59 Å². The predicted molar refractivity (Wildman–Crippen MR) is 102 cm³/mol. The summed E-state index contributed by atoms with van der Waals surface area (Å²) in [6.07, 6.45) is 0.401. The van der Waals surface area contributed by atoms with Crippen molar-refractivity contribution >= 4 is 11.9 Å². The molecule has 0 aliphatic carbocycles. The first-order valence-corrected chi connectivity index (χ1v) is 9.07. The van der Waals surface area contributed by atoms with Crippen LogP contribution < -0.4 is 0 Å². The lowest BCUT2D eigenvalue weighted by molar-refractivity contribution is -0.151. The maximum absolute atomic E-state index is 13.1. The van der Waals surface area contributed by atoms with Crippen molar-refractivity contribution in [3.05, 3.63) is 52.8 Å². The normalized spacial score (nSPS) is 19.5. The molecule has 1 fully saturated rings. The van der Waals surface area contributed by atoms with E-state index in [1.807, 2.05) is 51.1 Å². The molecule has 0 saturated carbocycles. The lowest BCUT2D eigenvalue weighted by Crippen LogP contribution is -2.40. The van der Waals surface area contributed by atoms with E-state index in [4.69, 9.17) is 4.74 Å². The van der Waals surface area contributed by atoms with Crippen molar-refractivity contribution < 1.29 is 19.4 Å². The number of aliphatic carboxylic acids is 1. The minimum Gasteiger partial charge on any atom is -0.481 e. The van der Waals surface area contributed by atoms with Gasteiger partial charge in [-0.2, -0.15) is 0 Å². The molecule has 3 rings (SSSR count). The van der Waals surface area contributed by atoms with E-state index in [-0.39, 0.29) is 19.1 Å². The number of carbonyl (C=O) groups is 2. The number of hydrogen-bond donors (Lipinski definition) is 1. The van der Waals surface area contributed by atoms with Crippen LogP contribution in [0.1, 0.15) is 33.7 Å². The Balaban J connectivity index is 1.92. The molecule has 1 unspecified atom stereocenters. The number of likely N-dealkylation sites (tertiary alicyclic amines) is 1. The van der Waals surface area contributed by atoms with E-state index in [9.17, 15) is 14.7 Å². The summed E-state index contributed by atoms with van der Waals surface area (Å²) in [6, 6.07) is 9.94. The maximum Gasteiger partial charge on any atom is 0.313 e. The van der Waals surface area contributed by atoms with Gasteiger partial charge < -0.3 is 19.3 Å². The zero-order valence-corrected chi connectivity index (χ0v) is 16.3. The Labute approximate surface area is 159 Å². The SMILES string of the molecule is COCC1(C(=O)O)CCN(C(=O)c2cc(C)n(-c3ccccc3C)c2C)C1. The average molecular weight is 370 g/mol. The fourth-order valence-electron chi connectivity index (χ4n) is 4.01. The largest absolute Gasteiger partial charge is 0.481 e. The van der Waals surface area contributed by atoms with Gasteiger partial charge in [0.15, 0.2) is 0 Å². The van der Waals surface area contributed by atoms with Gasteiger partial charge in [0, 0.05) is 37.3 Å². The number of aryl methyl sites for hydroxylation is 2. The summed E-state index contributed by atoms with van der Waals surface area (Å²) in [7, 11) is 1.49. The highest BCUT2D eigenvalue weighted by Crippen LogP contribution is 2.33. The Kier molecular flexibility index (Phi) is 5.11. The topological polar surface area (TPSA) is 71.8 Å². The standard InChI is InChI=1S/C21H26N2O4/c1-14-7-5-6-8-18(14)23-15(2)11-17(16(23)3)19(24)22-10-9-21(12-22,13-27-4)20(25)26/h5-8,11H,9-10,12-13H2,1-4H3,(H,25,26). The van der Waals surface area contributed by atoms with Gasteiger partial charge in [-0.05, 0) is 44.9 Å². The third kappa shape index (κ3) is 3.25. The highest BCUT2D eigenvalue weighted by atomic mass is 16.5. The van der Waals surface area contributed by atoms with Crippen LogP contribution in [0.25, 0.3) is 5.69 Å². The summed E-state index contributed by atoms with van der Waals surface area (Å²) in [5.74, 6) is -1.04. The number of aromatic nitrogens is 1. The van der Waals surface area contributed by atoms with E-state index in [0.717, 1.165) is 22.6 Å². The predicted octanol–water partition coefficient (Wildman–Crippen LogP) is 2.97. The summed E-state index contributed by atoms with van der Waals surface area (Å²) < 4.78 is 7.20. The smallest absolute Gasteiger partial charge is 0.313 e. The second-order valence-corrected chi connectivity index (χ2v) is 7.40. The molecule has 0 bridgehead atoms. The van der Waals surface area contributed by atoms with Crippen LogP contribution in [0.5, 0.6) is 0 Å². The van der Waals surface area contributed by atoms with Crippen molar-refractivity contribution in [1.82, 2.24) is 9.47 Å². The third-order valence-corrected chi connectivity index (χ3v) is 5.53. The first-order valence-electron chi connectivity index (χ1n) is 9.07. The minimum absolute atomic E-state index is 0.106. The molecule has 6 heteroatoms. The number of ether oxygens (including phenoxy) is 1. The lowest BCUT2D eigenvalue weighted by Gasteiger charge is -2.23. The van der Waals surface area contributed by atoms with Crippen LogP contribution >= 0.6 is 0 Å².